The summed E-state index contributed by atoms with van der Waals surface area (Å²) in [5.41, 5.74) is 0.386. The van der Waals surface area contributed by atoms with Gasteiger partial charge in [0.15, 0.2) is 0 Å². The Bertz CT molecular complexity index is 1200. The number of hydrogen-bond donors (Lipinski definition) is 2. The van der Waals surface area contributed by atoms with Gasteiger partial charge in [0.2, 0.25) is 0 Å². The summed E-state index contributed by atoms with van der Waals surface area (Å²) in [5, 5.41) is 13.3. The molecule has 162 valence electrons. The van der Waals surface area contributed by atoms with Crippen LogP contribution in [0.4, 0.5) is 11.4 Å². The third-order valence-electron chi connectivity index (χ3n) is 4.39. The number of carboxylic acids is 1. The number of para-hydroxylation sites is 1. The highest BCUT2D eigenvalue weighted by Gasteiger charge is 2.29. The minimum atomic E-state index is -4.04. The van der Waals surface area contributed by atoms with Crippen molar-refractivity contribution in [2.75, 3.05) is 23.3 Å². The standard InChI is InChI=1S/C21H20N2O6S2/c1-3-29-15-10-8-14(9-11-15)23(2)31(27,28)18-12-13-30-19(18)20(24)22-17-7-5-4-6-16(17)21(25)26/h4-13H,3H2,1-2H3,(H,22,24)(H,25,26). The van der Waals surface area contributed by atoms with E-state index in [-0.39, 0.29) is 21.0 Å². The number of benzene rings is 2. The van der Waals surface area contributed by atoms with Gasteiger partial charge in [-0.2, -0.15) is 0 Å². The summed E-state index contributed by atoms with van der Waals surface area (Å²) in [4.78, 5) is 24.0. The van der Waals surface area contributed by atoms with Crippen LogP contribution in [0.2, 0.25) is 0 Å². The highest BCUT2D eigenvalue weighted by Crippen LogP contribution is 2.30. The molecule has 3 aromatic rings. The molecule has 1 amide bonds. The first kappa shape index (κ1) is 22.3. The Morgan fingerprint density at radius 2 is 1.77 bits per heavy atom. The fourth-order valence-electron chi connectivity index (χ4n) is 2.83. The molecule has 0 aliphatic carbocycles. The molecule has 1 heterocycles. The highest BCUT2D eigenvalue weighted by molar-refractivity contribution is 7.93. The number of carboxylic acid groups (broad SMARTS) is 1. The molecule has 0 bridgehead atoms. The Kier molecular flexibility index (Phi) is 6.62. The lowest BCUT2D eigenvalue weighted by molar-refractivity contribution is 0.0698. The number of hydrogen-bond acceptors (Lipinski definition) is 6. The largest absolute Gasteiger partial charge is 0.494 e. The maximum absolute atomic E-state index is 13.2. The van der Waals surface area contributed by atoms with E-state index in [2.05, 4.69) is 5.32 Å². The molecular weight excluding hydrogens is 440 g/mol. The fraction of sp³-hybridized carbons (Fsp3) is 0.143. The van der Waals surface area contributed by atoms with Gasteiger partial charge in [-0.05, 0) is 54.8 Å². The van der Waals surface area contributed by atoms with Gasteiger partial charge in [0.1, 0.15) is 15.5 Å². The molecule has 31 heavy (non-hydrogen) atoms. The van der Waals surface area contributed by atoms with E-state index >= 15 is 0 Å². The van der Waals surface area contributed by atoms with Crippen LogP contribution >= 0.6 is 11.3 Å². The molecule has 0 radical (unpaired) electrons. The second-order valence-corrected chi connectivity index (χ2v) is 9.17. The van der Waals surface area contributed by atoms with Crippen molar-refractivity contribution in [3.8, 4) is 5.75 Å². The second-order valence-electron chi connectivity index (χ2n) is 6.32. The number of sulfonamides is 1. The molecule has 0 aliphatic heterocycles. The van der Waals surface area contributed by atoms with Gasteiger partial charge in [0, 0.05) is 7.05 Å². The molecule has 0 saturated heterocycles. The van der Waals surface area contributed by atoms with Crippen LogP contribution in [0.5, 0.6) is 5.75 Å². The molecule has 8 nitrogen and oxygen atoms in total. The minimum Gasteiger partial charge on any atom is -0.494 e. The fourth-order valence-corrected chi connectivity index (χ4v) is 5.32. The Balaban J connectivity index is 1.89. The smallest absolute Gasteiger partial charge is 0.337 e. The van der Waals surface area contributed by atoms with Gasteiger partial charge in [-0.25, -0.2) is 13.2 Å². The molecular formula is C21H20N2O6S2. The first-order chi connectivity index (χ1) is 14.8. The summed E-state index contributed by atoms with van der Waals surface area (Å²) in [7, 11) is -2.65. The zero-order valence-electron chi connectivity index (χ0n) is 16.7. The zero-order valence-corrected chi connectivity index (χ0v) is 18.4. The van der Waals surface area contributed by atoms with Gasteiger partial charge in [0.25, 0.3) is 15.9 Å². The summed E-state index contributed by atoms with van der Waals surface area (Å²) in [6.07, 6.45) is 0. The quantitative estimate of drug-likeness (QED) is 0.527. The number of anilines is 2. The van der Waals surface area contributed by atoms with Crippen molar-refractivity contribution < 1.29 is 27.9 Å². The average molecular weight is 461 g/mol. The molecule has 0 fully saturated rings. The Labute approximate surface area is 183 Å². The van der Waals surface area contributed by atoms with Crippen LogP contribution in [0, 0.1) is 0 Å². The van der Waals surface area contributed by atoms with Crippen LogP contribution in [0.1, 0.15) is 27.0 Å². The van der Waals surface area contributed by atoms with Crippen LogP contribution in [0.15, 0.2) is 64.9 Å². The van der Waals surface area contributed by atoms with Gasteiger partial charge >= 0.3 is 5.97 Å². The lowest BCUT2D eigenvalue weighted by atomic mass is 10.2. The van der Waals surface area contributed by atoms with Crippen molar-refractivity contribution in [3.63, 3.8) is 0 Å². The molecule has 10 heteroatoms. The summed E-state index contributed by atoms with van der Waals surface area (Å²) in [6, 6.07) is 13.8. The van der Waals surface area contributed by atoms with Crippen LogP contribution in [-0.2, 0) is 10.0 Å². The number of thiophene rings is 1. The van der Waals surface area contributed by atoms with E-state index in [1.54, 1.807) is 30.3 Å². The van der Waals surface area contributed by atoms with Gasteiger partial charge in [-0.15, -0.1) is 11.3 Å². The molecule has 0 saturated carbocycles. The third kappa shape index (κ3) is 4.70. The molecule has 3 rings (SSSR count). The number of aromatic carboxylic acids is 1. The predicted molar refractivity (Wildman–Crippen MR) is 119 cm³/mol. The Morgan fingerprint density at radius 3 is 2.42 bits per heavy atom. The topological polar surface area (TPSA) is 113 Å². The van der Waals surface area contributed by atoms with E-state index in [0.717, 1.165) is 15.6 Å². The Hall–Kier alpha value is -3.37. The van der Waals surface area contributed by atoms with Crippen LogP contribution < -0.4 is 14.4 Å². The van der Waals surface area contributed by atoms with Crippen LogP contribution in [-0.4, -0.2) is 39.1 Å². The van der Waals surface area contributed by atoms with Gasteiger partial charge in [-0.3, -0.25) is 9.10 Å². The lowest BCUT2D eigenvalue weighted by Crippen LogP contribution is -2.28. The monoisotopic (exact) mass is 460 g/mol. The van der Waals surface area contributed by atoms with E-state index in [1.807, 2.05) is 6.92 Å². The van der Waals surface area contributed by atoms with Crippen LogP contribution in [0.25, 0.3) is 0 Å². The highest BCUT2D eigenvalue weighted by atomic mass is 32.2. The molecule has 0 aliphatic rings. The number of nitrogens with one attached hydrogen (secondary N) is 1. The van der Waals surface area contributed by atoms with E-state index in [0.29, 0.717) is 18.0 Å². The van der Waals surface area contributed by atoms with Gasteiger partial charge in [0.05, 0.1) is 23.5 Å². The van der Waals surface area contributed by atoms with Crippen molar-refractivity contribution in [1.82, 2.24) is 0 Å². The van der Waals surface area contributed by atoms with E-state index in [1.165, 1.54) is 36.7 Å². The van der Waals surface area contributed by atoms with E-state index in [9.17, 15) is 23.1 Å². The van der Waals surface area contributed by atoms with Crippen molar-refractivity contribution >= 4 is 44.6 Å². The molecule has 2 N–H and O–H groups in total. The van der Waals surface area contributed by atoms with Crippen molar-refractivity contribution in [2.45, 2.75) is 11.8 Å². The predicted octanol–water partition coefficient (Wildman–Crippen LogP) is 3.92. The van der Waals surface area contributed by atoms with E-state index in [4.69, 9.17) is 4.74 Å². The molecule has 0 spiro atoms. The van der Waals surface area contributed by atoms with Crippen molar-refractivity contribution in [2.24, 2.45) is 0 Å². The minimum absolute atomic E-state index is 0.0435. The molecule has 1 aromatic heterocycles. The Morgan fingerprint density at radius 1 is 1.10 bits per heavy atom. The summed E-state index contributed by atoms with van der Waals surface area (Å²) in [6.45, 7) is 2.34. The molecule has 0 unspecified atom stereocenters. The van der Waals surface area contributed by atoms with Crippen molar-refractivity contribution in [3.05, 3.63) is 70.4 Å². The van der Waals surface area contributed by atoms with Gasteiger partial charge in [-0.1, -0.05) is 12.1 Å². The first-order valence-electron chi connectivity index (χ1n) is 9.18. The molecule has 0 atom stereocenters. The summed E-state index contributed by atoms with van der Waals surface area (Å²) < 4.78 is 32.8. The average Bonchev–Trinajstić information content (AvgIpc) is 3.25. The summed E-state index contributed by atoms with van der Waals surface area (Å²) >= 11 is 0.954. The lowest BCUT2D eigenvalue weighted by Gasteiger charge is -2.20. The maximum atomic E-state index is 13.2. The van der Waals surface area contributed by atoms with Crippen molar-refractivity contribution in [1.29, 1.82) is 0 Å². The van der Waals surface area contributed by atoms with E-state index < -0.39 is 21.9 Å². The number of carbonyl (C=O) groups is 2. The third-order valence-corrected chi connectivity index (χ3v) is 7.26. The number of carbonyl (C=O) groups excluding carboxylic acids is 1. The first-order valence-corrected chi connectivity index (χ1v) is 11.5. The molecule has 2 aromatic carbocycles. The number of ether oxygens (including phenoxy) is 1. The number of rotatable bonds is 8. The summed E-state index contributed by atoms with van der Waals surface area (Å²) in [5.74, 6) is -1.29. The maximum Gasteiger partial charge on any atom is 0.337 e. The van der Waals surface area contributed by atoms with Gasteiger partial charge < -0.3 is 15.2 Å². The SMILES string of the molecule is CCOc1ccc(N(C)S(=O)(=O)c2ccsc2C(=O)Nc2ccccc2C(=O)O)cc1. The number of nitrogens with zero attached hydrogens (tertiary/aromatic N) is 1. The normalized spacial score (nSPS) is 11.0. The van der Waals surface area contributed by atoms with Crippen LogP contribution in [0.3, 0.4) is 0 Å². The number of amides is 1. The second kappa shape index (κ2) is 9.19. The zero-order chi connectivity index (χ0) is 22.6.